The highest BCUT2D eigenvalue weighted by Gasteiger charge is 2.26. The predicted octanol–water partition coefficient (Wildman–Crippen LogP) is 4.76. The number of hydrogen-bond donors (Lipinski definition) is 2. The Labute approximate surface area is 172 Å². The molecule has 4 heterocycles. The van der Waals surface area contributed by atoms with Crippen LogP contribution in [0.25, 0.3) is 10.2 Å². The third-order valence-electron chi connectivity index (χ3n) is 5.59. The zero-order valence-electron chi connectivity index (χ0n) is 16.0. The molecule has 3 aromatic heterocycles. The summed E-state index contributed by atoms with van der Waals surface area (Å²) in [6.07, 6.45) is 7.42. The zero-order chi connectivity index (χ0) is 19.1. The van der Waals surface area contributed by atoms with Crippen LogP contribution in [0.4, 0.5) is 16.9 Å². The molecule has 1 saturated carbocycles. The molecule has 5 rings (SSSR count). The minimum atomic E-state index is -0.218. The van der Waals surface area contributed by atoms with Gasteiger partial charge in [-0.3, -0.25) is 0 Å². The first-order valence-electron chi connectivity index (χ1n) is 10.1. The number of nitrogens with one attached hydrogen (secondary N) is 1. The quantitative estimate of drug-likeness (QED) is 0.605. The molecule has 1 saturated heterocycles. The van der Waals surface area contributed by atoms with E-state index in [-0.39, 0.29) is 6.10 Å². The lowest BCUT2D eigenvalue weighted by Crippen LogP contribution is -2.35. The van der Waals surface area contributed by atoms with Crippen molar-refractivity contribution < 1.29 is 5.11 Å². The molecular formula is C20H25N5OS2. The van der Waals surface area contributed by atoms with E-state index in [9.17, 15) is 5.11 Å². The highest BCUT2D eigenvalue weighted by atomic mass is 32.1. The predicted molar refractivity (Wildman–Crippen MR) is 116 cm³/mol. The molecule has 1 atom stereocenters. The van der Waals surface area contributed by atoms with E-state index in [2.05, 4.69) is 26.6 Å². The van der Waals surface area contributed by atoms with Gasteiger partial charge in [-0.05, 0) is 62.3 Å². The van der Waals surface area contributed by atoms with E-state index in [1.54, 1.807) is 22.7 Å². The van der Waals surface area contributed by atoms with Gasteiger partial charge in [0.05, 0.1) is 16.3 Å². The summed E-state index contributed by atoms with van der Waals surface area (Å²) >= 11 is 3.41. The van der Waals surface area contributed by atoms with Crippen LogP contribution in [0.5, 0.6) is 0 Å². The molecule has 1 aliphatic carbocycles. The first kappa shape index (κ1) is 18.3. The Kier molecular flexibility index (Phi) is 4.94. The number of thiazole rings is 1. The maximum Gasteiger partial charge on any atom is 0.227 e. The minimum absolute atomic E-state index is 0.218. The van der Waals surface area contributed by atoms with Gasteiger partial charge in [-0.25, -0.2) is 9.97 Å². The van der Waals surface area contributed by atoms with Crippen LogP contribution in [-0.2, 0) is 0 Å². The van der Waals surface area contributed by atoms with E-state index in [1.165, 1.54) is 17.7 Å². The summed E-state index contributed by atoms with van der Waals surface area (Å²) in [6, 6.07) is 2.06. The van der Waals surface area contributed by atoms with Crippen LogP contribution in [-0.4, -0.2) is 39.3 Å². The highest BCUT2D eigenvalue weighted by Crippen LogP contribution is 2.44. The summed E-state index contributed by atoms with van der Waals surface area (Å²) in [7, 11) is 0. The smallest absolute Gasteiger partial charge is 0.227 e. The molecule has 148 valence electrons. The third kappa shape index (κ3) is 3.86. The van der Waals surface area contributed by atoms with Crippen molar-refractivity contribution in [1.29, 1.82) is 0 Å². The second-order valence-electron chi connectivity index (χ2n) is 7.99. The van der Waals surface area contributed by atoms with E-state index >= 15 is 0 Å². The number of fused-ring (bicyclic) bond motifs is 1. The van der Waals surface area contributed by atoms with Crippen LogP contribution in [0.3, 0.4) is 0 Å². The van der Waals surface area contributed by atoms with Gasteiger partial charge in [-0.1, -0.05) is 0 Å². The van der Waals surface area contributed by atoms with Crippen molar-refractivity contribution in [3.8, 4) is 0 Å². The molecule has 28 heavy (non-hydrogen) atoms. The van der Waals surface area contributed by atoms with Gasteiger partial charge >= 0.3 is 0 Å². The number of anilines is 3. The van der Waals surface area contributed by atoms with Crippen molar-refractivity contribution >= 4 is 49.8 Å². The van der Waals surface area contributed by atoms with Gasteiger partial charge in [0.25, 0.3) is 0 Å². The van der Waals surface area contributed by atoms with Crippen molar-refractivity contribution in [2.75, 3.05) is 23.3 Å². The van der Waals surface area contributed by atoms with Crippen LogP contribution in [0.15, 0.2) is 17.6 Å². The van der Waals surface area contributed by atoms with Crippen molar-refractivity contribution in [2.45, 2.75) is 51.0 Å². The summed E-state index contributed by atoms with van der Waals surface area (Å²) < 4.78 is 1.08. The Morgan fingerprint density at radius 2 is 2.07 bits per heavy atom. The van der Waals surface area contributed by atoms with Crippen LogP contribution in [0, 0.1) is 5.92 Å². The molecule has 2 aliphatic rings. The van der Waals surface area contributed by atoms with E-state index < -0.39 is 0 Å². The summed E-state index contributed by atoms with van der Waals surface area (Å²) in [5.74, 6) is 2.97. The van der Waals surface area contributed by atoms with Gasteiger partial charge in [0, 0.05) is 24.2 Å². The number of nitrogens with zero attached hydrogens (tertiary/aromatic N) is 4. The van der Waals surface area contributed by atoms with E-state index in [4.69, 9.17) is 9.97 Å². The molecule has 6 nitrogen and oxygen atoms in total. The molecule has 0 bridgehead atoms. The molecule has 0 spiro atoms. The van der Waals surface area contributed by atoms with Crippen molar-refractivity contribution in [2.24, 2.45) is 5.92 Å². The van der Waals surface area contributed by atoms with Crippen molar-refractivity contribution in [3.05, 3.63) is 22.5 Å². The minimum Gasteiger partial charge on any atom is -0.393 e. The summed E-state index contributed by atoms with van der Waals surface area (Å²) in [5, 5.41) is 16.1. The first-order chi connectivity index (χ1) is 13.7. The number of piperidine rings is 1. The lowest BCUT2D eigenvalue weighted by molar-refractivity contribution is 0.151. The largest absolute Gasteiger partial charge is 0.393 e. The normalized spacial score (nSPS) is 19.3. The van der Waals surface area contributed by atoms with Crippen LogP contribution >= 0.6 is 22.7 Å². The van der Waals surface area contributed by atoms with Crippen LogP contribution < -0.4 is 10.2 Å². The fourth-order valence-corrected chi connectivity index (χ4v) is 5.69. The number of aliphatic hydroxyl groups is 1. The summed E-state index contributed by atoms with van der Waals surface area (Å²) in [4.78, 5) is 17.9. The molecule has 3 aromatic rings. The molecule has 1 unspecified atom stereocenters. The number of thiophene rings is 1. The maximum atomic E-state index is 9.65. The molecule has 1 aliphatic heterocycles. The summed E-state index contributed by atoms with van der Waals surface area (Å²) in [5.41, 5.74) is 0.988. The number of aliphatic hydroxyl groups excluding tert-OH is 1. The van der Waals surface area contributed by atoms with Crippen molar-refractivity contribution in [1.82, 2.24) is 15.0 Å². The first-order valence-corrected chi connectivity index (χ1v) is 11.8. The van der Waals surface area contributed by atoms with Gasteiger partial charge in [0.1, 0.15) is 0 Å². The Hall–Kier alpha value is -1.77. The van der Waals surface area contributed by atoms with E-state index in [0.29, 0.717) is 5.92 Å². The second-order valence-corrected chi connectivity index (χ2v) is 9.97. The molecule has 8 heteroatoms. The van der Waals surface area contributed by atoms with Gasteiger partial charge in [0.15, 0.2) is 10.9 Å². The van der Waals surface area contributed by atoms with Crippen LogP contribution in [0.2, 0.25) is 0 Å². The Balaban J connectivity index is 1.36. The Morgan fingerprint density at radius 3 is 2.82 bits per heavy atom. The average Bonchev–Trinajstić information content (AvgIpc) is 3.23. The third-order valence-corrected chi connectivity index (χ3v) is 7.58. The monoisotopic (exact) mass is 415 g/mol. The Morgan fingerprint density at radius 1 is 1.25 bits per heavy atom. The van der Waals surface area contributed by atoms with Gasteiger partial charge in [-0.15, -0.1) is 22.7 Å². The highest BCUT2D eigenvalue weighted by molar-refractivity contribution is 7.18. The molecule has 0 radical (unpaired) electrons. The molecular weight excluding hydrogens is 390 g/mol. The lowest BCUT2D eigenvalue weighted by atomic mass is 9.92. The number of hydrogen-bond acceptors (Lipinski definition) is 8. The fourth-order valence-electron chi connectivity index (χ4n) is 3.93. The molecule has 2 fully saturated rings. The number of rotatable bonds is 6. The molecule has 0 amide bonds. The standard InChI is InChI=1S/C20H25N5OS2/c1-12(26)10-13-4-7-25(8-5-13)19-22-15-6-9-27-17(15)18(23-19)24-20-21-11-16(28-20)14-2-3-14/h6,9,11-14,26H,2-5,7-8,10H2,1H3,(H,21,22,23,24). The zero-order valence-corrected chi connectivity index (χ0v) is 17.6. The SMILES string of the molecule is CC(O)CC1CCN(c2nc(Nc3ncc(C4CC4)s3)c3sccc3n2)CC1. The summed E-state index contributed by atoms with van der Waals surface area (Å²) in [6.45, 7) is 3.76. The Bertz CT molecular complexity index is 957. The van der Waals surface area contributed by atoms with E-state index in [0.717, 1.165) is 65.4 Å². The lowest BCUT2D eigenvalue weighted by Gasteiger charge is -2.32. The maximum absolute atomic E-state index is 9.65. The average molecular weight is 416 g/mol. The fraction of sp³-hybridized carbons (Fsp3) is 0.550. The van der Waals surface area contributed by atoms with Crippen molar-refractivity contribution in [3.63, 3.8) is 0 Å². The van der Waals surface area contributed by atoms with Gasteiger partial charge in [0.2, 0.25) is 5.95 Å². The molecule has 2 N–H and O–H groups in total. The van der Waals surface area contributed by atoms with Crippen LogP contribution in [0.1, 0.15) is 49.8 Å². The van der Waals surface area contributed by atoms with Gasteiger partial charge in [-0.2, -0.15) is 4.98 Å². The topological polar surface area (TPSA) is 74.2 Å². The number of aromatic nitrogens is 3. The molecule has 0 aromatic carbocycles. The van der Waals surface area contributed by atoms with Gasteiger partial charge < -0.3 is 15.3 Å². The second kappa shape index (κ2) is 7.57. The van der Waals surface area contributed by atoms with E-state index in [1.807, 2.05) is 13.1 Å².